The van der Waals surface area contributed by atoms with E-state index >= 15 is 0 Å². The van der Waals surface area contributed by atoms with Gasteiger partial charge in [-0.2, -0.15) is 13.2 Å². The van der Waals surface area contributed by atoms with Crippen molar-refractivity contribution in [3.8, 4) is 16.3 Å². The number of aromatic nitrogens is 3. The molecule has 0 bridgehead atoms. The molecular weight excluding hydrogens is 495 g/mol. The largest absolute Gasteiger partial charge is 0.481 e. The Hall–Kier alpha value is -3.54. The molecule has 190 valence electrons. The lowest BCUT2D eigenvalue weighted by molar-refractivity contribution is -0.145. The number of ether oxygens (including phenoxy) is 1. The van der Waals surface area contributed by atoms with E-state index in [1.807, 2.05) is 20.8 Å². The van der Waals surface area contributed by atoms with Crippen molar-refractivity contribution in [1.82, 2.24) is 20.3 Å². The number of alkyl halides is 3. The first-order valence-electron chi connectivity index (χ1n) is 11.2. The average molecular weight is 520 g/mol. The van der Waals surface area contributed by atoms with Crippen LogP contribution in [0.5, 0.6) is 5.75 Å². The molecule has 2 amide bonds. The number of carbonyl (C=O) groups is 2. The number of halogens is 3. The fourth-order valence-corrected chi connectivity index (χ4v) is 4.50. The maximum atomic E-state index is 13.2. The highest BCUT2D eigenvalue weighted by Gasteiger charge is 2.34. The number of rotatable bonds is 6. The number of hydrogen-bond acceptors (Lipinski definition) is 7. The summed E-state index contributed by atoms with van der Waals surface area (Å²) in [6, 6.07) is 2.56. The van der Waals surface area contributed by atoms with E-state index < -0.39 is 23.9 Å². The molecule has 1 aromatic carbocycles. The summed E-state index contributed by atoms with van der Waals surface area (Å²) in [6.45, 7) is 7.82. The summed E-state index contributed by atoms with van der Waals surface area (Å²) in [5.74, 6) is -1.31. The Morgan fingerprint density at radius 1 is 1.17 bits per heavy atom. The van der Waals surface area contributed by atoms with Gasteiger partial charge in [-0.1, -0.05) is 13.8 Å². The van der Waals surface area contributed by atoms with Crippen LogP contribution in [0.2, 0.25) is 0 Å². The number of nitrogens with zero attached hydrogens (tertiary/aromatic N) is 4. The molecule has 12 heteroatoms. The molecule has 8 nitrogen and oxygen atoms in total. The number of benzene rings is 1. The summed E-state index contributed by atoms with van der Waals surface area (Å²) >= 11 is 1.43. The van der Waals surface area contributed by atoms with Crippen LogP contribution in [0, 0.1) is 12.8 Å². The zero-order chi connectivity index (χ0) is 26.2. The highest BCUT2D eigenvalue weighted by molar-refractivity contribution is 7.15. The van der Waals surface area contributed by atoms with Crippen molar-refractivity contribution >= 4 is 28.8 Å². The minimum atomic E-state index is -4.65. The minimum Gasteiger partial charge on any atom is -0.481 e. The molecule has 1 aliphatic rings. The van der Waals surface area contributed by atoms with Crippen LogP contribution in [0.25, 0.3) is 10.6 Å². The first-order valence-corrected chi connectivity index (χ1v) is 12.0. The molecule has 1 atom stereocenters. The first kappa shape index (κ1) is 25.5. The Balaban J connectivity index is 1.69. The van der Waals surface area contributed by atoms with Crippen LogP contribution >= 0.6 is 11.3 Å². The maximum absolute atomic E-state index is 13.2. The molecule has 1 aliphatic heterocycles. The molecule has 3 aromatic rings. The first-order chi connectivity index (χ1) is 16.9. The molecule has 0 fully saturated rings. The van der Waals surface area contributed by atoms with E-state index in [2.05, 4.69) is 20.3 Å². The summed E-state index contributed by atoms with van der Waals surface area (Å²) in [7, 11) is 0. The molecule has 0 radical (unpaired) electrons. The number of anilines is 1. The molecule has 3 heterocycles. The van der Waals surface area contributed by atoms with Crippen LogP contribution in [-0.2, 0) is 11.0 Å². The third kappa shape index (κ3) is 5.32. The second kappa shape index (κ2) is 9.84. The van der Waals surface area contributed by atoms with E-state index in [9.17, 15) is 22.8 Å². The van der Waals surface area contributed by atoms with Crippen LogP contribution in [0.3, 0.4) is 0 Å². The number of hydrogen-bond donors (Lipinski definition) is 1. The topological polar surface area (TPSA) is 97.3 Å². The number of carbonyl (C=O) groups excluding carboxylic acids is 2. The number of thiazole rings is 1. The van der Waals surface area contributed by atoms with Crippen LogP contribution < -0.4 is 15.0 Å². The maximum Gasteiger partial charge on any atom is 0.451 e. The monoisotopic (exact) mass is 519 g/mol. The van der Waals surface area contributed by atoms with Crippen molar-refractivity contribution in [2.75, 3.05) is 18.1 Å². The average Bonchev–Trinajstić information content (AvgIpc) is 3.25. The van der Waals surface area contributed by atoms with Crippen LogP contribution in [-0.4, -0.2) is 39.9 Å². The normalized spacial score (nSPS) is 14.4. The zero-order valence-electron chi connectivity index (χ0n) is 20.0. The van der Waals surface area contributed by atoms with Crippen LogP contribution in [0.1, 0.15) is 53.4 Å². The Bertz CT molecular complexity index is 1290. The Kier molecular flexibility index (Phi) is 6.98. The van der Waals surface area contributed by atoms with Gasteiger partial charge >= 0.3 is 6.18 Å². The Morgan fingerprint density at radius 3 is 2.44 bits per heavy atom. The molecule has 0 unspecified atom stereocenters. The van der Waals surface area contributed by atoms with Gasteiger partial charge in [0.05, 0.1) is 17.3 Å². The number of nitrogens with one attached hydrogen (secondary N) is 1. The van der Waals surface area contributed by atoms with Gasteiger partial charge in [0, 0.05) is 41.1 Å². The molecule has 36 heavy (non-hydrogen) atoms. The molecule has 0 spiro atoms. The van der Waals surface area contributed by atoms with E-state index in [-0.39, 0.29) is 24.0 Å². The van der Waals surface area contributed by atoms with E-state index in [0.29, 0.717) is 34.1 Å². The third-order valence-electron chi connectivity index (χ3n) is 5.44. The fraction of sp³-hybridized carbons (Fsp3) is 0.375. The zero-order valence-corrected chi connectivity index (χ0v) is 20.8. The number of amides is 2. The smallest absolute Gasteiger partial charge is 0.451 e. The number of fused-ring (bicyclic) bond motifs is 1. The lowest BCUT2D eigenvalue weighted by Gasteiger charge is -2.32. The quantitative estimate of drug-likeness (QED) is 0.503. The van der Waals surface area contributed by atoms with Crippen molar-refractivity contribution in [1.29, 1.82) is 0 Å². The van der Waals surface area contributed by atoms with E-state index in [4.69, 9.17) is 4.74 Å². The third-order valence-corrected chi connectivity index (χ3v) is 6.38. The van der Waals surface area contributed by atoms with Gasteiger partial charge in [-0.05, 0) is 31.9 Å². The van der Waals surface area contributed by atoms with E-state index in [1.165, 1.54) is 11.3 Å². The lowest BCUT2D eigenvalue weighted by Crippen LogP contribution is -2.41. The van der Waals surface area contributed by atoms with Gasteiger partial charge in [0.1, 0.15) is 5.01 Å². The molecule has 2 aromatic heterocycles. The number of aryl methyl sites for hydroxylation is 1. The van der Waals surface area contributed by atoms with Crippen molar-refractivity contribution < 1.29 is 27.5 Å². The molecule has 4 rings (SSSR count). The predicted octanol–water partition coefficient (Wildman–Crippen LogP) is 4.80. The standard InChI is InChI=1S/C24H24F3N5O3S/c1-12(2)10-32-18-6-15(5-17(20(18)35-11-19(32)33)22-28-7-13(3)36-22)21(34)31-14(4)16-8-29-23(30-9-16)24(25,26)27/h5-9,12,14H,10-11H2,1-4H3,(H,31,34)/t14-/m1/s1. The van der Waals surface area contributed by atoms with Crippen molar-refractivity contribution in [3.63, 3.8) is 0 Å². The SMILES string of the molecule is Cc1cnc(-c2cc(C(=O)N[C@H](C)c3cnc(C(F)(F)F)nc3)cc3c2OCC(=O)N3CC(C)C)s1. The van der Waals surface area contributed by atoms with E-state index in [1.54, 1.807) is 30.2 Å². The van der Waals surface area contributed by atoms with Crippen molar-refractivity contribution in [2.24, 2.45) is 5.92 Å². The van der Waals surface area contributed by atoms with Gasteiger partial charge in [-0.3, -0.25) is 9.59 Å². The van der Waals surface area contributed by atoms with Gasteiger partial charge in [-0.25, -0.2) is 15.0 Å². The summed E-state index contributed by atoms with van der Waals surface area (Å²) in [5.41, 5.74) is 1.62. The second-order valence-corrected chi connectivity index (χ2v) is 10.1. The van der Waals surface area contributed by atoms with Gasteiger partial charge in [0.25, 0.3) is 11.8 Å². The molecule has 0 saturated carbocycles. The van der Waals surface area contributed by atoms with E-state index in [0.717, 1.165) is 17.3 Å². The Morgan fingerprint density at radius 2 is 1.86 bits per heavy atom. The van der Waals surface area contributed by atoms with Crippen LogP contribution in [0.4, 0.5) is 18.9 Å². The predicted molar refractivity (Wildman–Crippen MR) is 128 cm³/mol. The lowest BCUT2D eigenvalue weighted by atomic mass is 10.0. The molecular formula is C24H24F3N5O3S. The minimum absolute atomic E-state index is 0.117. The van der Waals surface area contributed by atoms with Crippen LogP contribution in [0.15, 0.2) is 30.7 Å². The molecule has 0 aliphatic carbocycles. The summed E-state index contributed by atoms with van der Waals surface area (Å²) in [6.07, 6.45) is -0.867. The summed E-state index contributed by atoms with van der Waals surface area (Å²) in [4.78, 5) is 39.6. The summed E-state index contributed by atoms with van der Waals surface area (Å²) < 4.78 is 44.1. The van der Waals surface area contributed by atoms with Crippen molar-refractivity contribution in [2.45, 2.75) is 39.9 Å². The second-order valence-electron chi connectivity index (χ2n) is 8.87. The highest BCUT2D eigenvalue weighted by atomic mass is 32.1. The van der Waals surface area contributed by atoms with Crippen molar-refractivity contribution in [3.05, 3.63) is 52.6 Å². The fourth-order valence-electron chi connectivity index (χ4n) is 3.72. The van der Waals surface area contributed by atoms with Gasteiger partial charge < -0.3 is 15.0 Å². The molecule has 1 N–H and O–H groups in total. The highest BCUT2D eigenvalue weighted by Crippen LogP contribution is 2.43. The summed E-state index contributed by atoms with van der Waals surface area (Å²) in [5, 5.41) is 3.41. The Labute approximate surface area is 209 Å². The van der Waals surface area contributed by atoms with Gasteiger partial charge in [-0.15, -0.1) is 11.3 Å². The molecule has 0 saturated heterocycles. The van der Waals surface area contributed by atoms with Gasteiger partial charge in [0.2, 0.25) is 5.82 Å². The van der Waals surface area contributed by atoms with Gasteiger partial charge in [0.15, 0.2) is 12.4 Å².